The van der Waals surface area contributed by atoms with E-state index in [0.717, 1.165) is 6.42 Å². The third-order valence-corrected chi connectivity index (χ3v) is 2.56. The van der Waals surface area contributed by atoms with Crippen molar-refractivity contribution in [2.24, 2.45) is 5.73 Å². The third-order valence-electron chi connectivity index (χ3n) is 2.23. The lowest BCUT2D eigenvalue weighted by atomic mass is 10.1. The van der Waals surface area contributed by atoms with Gasteiger partial charge >= 0.3 is 0 Å². The molecule has 0 heterocycles. The Morgan fingerprint density at radius 1 is 1.53 bits per heavy atom. The van der Waals surface area contributed by atoms with Crippen molar-refractivity contribution in [3.05, 3.63) is 34.9 Å². The van der Waals surface area contributed by atoms with E-state index in [1.54, 1.807) is 24.3 Å². The molecule has 1 amide bonds. The molecule has 0 fully saturated rings. The number of nitrogens with one attached hydrogen (secondary N) is 1. The third kappa shape index (κ3) is 3.22. The Hall–Kier alpha value is -1.06. The molecule has 0 aliphatic carbocycles. The summed E-state index contributed by atoms with van der Waals surface area (Å²) in [7, 11) is 0. The van der Waals surface area contributed by atoms with Gasteiger partial charge < -0.3 is 11.1 Å². The standard InChI is InChI=1S/C11H15ClN2O/c1-2-8(7-13)14-11(15)9-5-3-4-6-10(9)12/h3-6,8H,2,7,13H2,1H3,(H,14,15). The molecule has 0 aliphatic rings. The highest BCUT2D eigenvalue weighted by molar-refractivity contribution is 6.33. The monoisotopic (exact) mass is 226 g/mol. The molecule has 1 unspecified atom stereocenters. The van der Waals surface area contributed by atoms with Crippen molar-refractivity contribution in [3.63, 3.8) is 0 Å². The van der Waals surface area contributed by atoms with Gasteiger partial charge in [0.05, 0.1) is 10.6 Å². The molecule has 0 saturated heterocycles. The average molecular weight is 227 g/mol. The summed E-state index contributed by atoms with van der Waals surface area (Å²) in [6.45, 7) is 2.41. The second kappa shape index (κ2) is 5.73. The van der Waals surface area contributed by atoms with E-state index in [0.29, 0.717) is 17.1 Å². The van der Waals surface area contributed by atoms with E-state index in [1.807, 2.05) is 6.92 Å². The molecule has 15 heavy (non-hydrogen) atoms. The summed E-state index contributed by atoms with van der Waals surface area (Å²) in [6, 6.07) is 6.97. The van der Waals surface area contributed by atoms with Crippen LogP contribution in [0.5, 0.6) is 0 Å². The van der Waals surface area contributed by atoms with Crippen LogP contribution in [0, 0.1) is 0 Å². The van der Waals surface area contributed by atoms with Crippen LogP contribution in [0.2, 0.25) is 5.02 Å². The molecule has 82 valence electrons. The minimum Gasteiger partial charge on any atom is -0.348 e. The highest BCUT2D eigenvalue weighted by Crippen LogP contribution is 2.14. The lowest BCUT2D eigenvalue weighted by Crippen LogP contribution is -2.39. The molecule has 0 spiro atoms. The lowest BCUT2D eigenvalue weighted by molar-refractivity contribution is 0.0937. The Balaban J connectivity index is 2.73. The van der Waals surface area contributed by atoms with Crippen LogP contribution in [0.3, 0.4) is 0 Å². The van der Waals surface area contributed by atoms with E-state index in [1.165, 1.54) is 0 Å². The number of rotatable bonds is 4. The van der Waals surface area contributed by atoms with Crippen LogP contribution >= 0.6 is 11.6 Å². The number of amides is 1. The normalized spacial score (nSPS) is 12.2. The minimum absolute atomic E-state index is 0.00812. The SMILES string of the molecule is CCC(CN)NC(=O)c1ccccc1Cl. The van der Waals surface area contributed by atoms with Gasteiger partial charge in [-0.2, -0.15) is 0 Å². The predicted octanol–water partition coefficient (Wildman–Crippen LogP) is 1.81. The Labute approximate surface area is 94.6 Å². The van der Waals surface area contributed by atoms with E-state index in [9.17, 15) is 4.79 Å². The lowest BCUT2D eigenvalue weighted by Gasteiger charge is -2.14. The van der Waals surface area contributed by atoms with E-state index in [-0.39, 0.29) is 11.9 Å². The molecule has 0 aromatic heterocycles. The molecule has 0 aliphatic heterocycles. The van der Waals surface area contributed by atoms with Crippen LogP contribution in [-0.4, -0.2) is 18.5 Å². The molecular weight excluding hydrogens is 212 g/mol. The molecule has 3 N–H and O–H groups in total. The van der Waals surface area contributed by atoms with Crippen LogP contribution < -0.4 is 11.1 Å². The summed E-state index contributed by atoms with van der Waals surface area (Å²) in [4.78, 5) is 11.7. The first-order valence-electron chi connectivity index (χ1n) is 4.94. The number of nitrogens with two attached hydrogens (primary N) is 1. The molecule has 4 heteroatoms. The van der Waals surface area contributed by atoms with Crippen LogP contribution in [0.15, 0.2) is 24.3 Å². The number of benzene rings is 1. The maximum absolute atomic E-state index is 11.7. The zero-order chi connectivity index (χ0) is 11.3. The van der Waals surface area contributed by atoms with Gasteiger partial charge in [0, 0.05) is 12.6 Å². The summed E-state index contributed by atoms with van der Waals surface area (Å²) in [5, 5.41) is 3.29. The summed E-state index contributed by atoms with van der Waals surface area (Å²) in [6.07, 6.45) is 0.812. The first-order valence-corrected chi connectivity index (χ1v) is 5.32. The fourth-order valence-electron chi connectivity index (χ4n) is 1.24. The Bertz CT molecular complexity index is 337. The molecule has 0 radical (unpaired) electrons. The highest BCUT2D eigenvalue weighted by atomic mass is 35.5. The van der Waals surface area contributed by atoms with Crippen molar-refractivity contribution in [1.82, 2.24) is 5.32 Å². The molecule has 0 bridgehead atoms. The van der Waals surface area contributed by atoms with Crippen LogP contribution in [-0.2, 0) is 0 Å². The number of hydrogen-bond acceptors (Lipinski definition) is 2. The Morgan fingerprint density at radius 2 is 2.20 bits per heavy atom. The summed E-state index contributed by atoms with van der Waals surface area (Å²) >= 11 is 5.90. The van der Waals surface area contributed by atoms with Crippen LogP contribution in [0.25, 0.3) is 0 Å². The van der Waals surface area contributed by atoms with Crippen molar-refractivity contribution in [2.45, 2.75) is 19.4 Å². The molecule has 1 atom stereocenters. The molecule has 1 rings (SSSR count). The van der Waals surface area contributed by atoms with Gasteiger partial charge in [-0.25, -0.2) is 0 Å². The Morgan fingerprint density at radius 3 is 2.73 bits per heavy atom. The average Bonchev–Trinajstić information content (AvgIpc) is 2.26. The molecule has 1 aromatic rings. The summed E-state index contributed by atoms with van der Waals surface area (Å²) in [5.74, 6) is -0.169. The predicted molar refractivity (Wildman–Crippen MR) is 62.1 cm³/mol. The van der Waals surface area contributed by atoms with Crippen molar-refractivity contribution in [1.29, 1.82) is 0 Å². The van der Waals surface area contributed by atoms with Gasteiger partial charge in [0.2, 0.25) is 0 Å². The maximum atomic E-state index is 11.7. The smallest absolute Gasteiger partial charge is 0.253 e. The van der Waals surface area contributed by atoms with Crippen LogP contribution in [0.1, 0.15) is 23.7 Å². The van der Waals surface area contributed by atoms with Gasteiger partial charge in [-0.1, -0.05) is 30.7 Å². The van der Waals surface area contributed by atoms with E-state index >= 15 is 0 Å². The van der Waals surface area contributed by atoms with E-state index in [2.05, 4.69) is 5.32 Å². The summed E-state index contributed by atoms with van der Waals surface area (Å²) in [5.41, 5.74) is 5.99. The first-order chi connectivity index (χ1) is 7.19. The van der Waals surface area contributed by atoms with Crippen molar-refractivity contribution >= 4 is 17.5 Å². The van der Waals surface area contributed by atoms with Crippen molar-refractivity contribution < 1.29 is 4.79 Å². The minimum atomic E-state index is -0.169. The van der Waals surface area contributed by atoms with Gasteiger partial charge in [-0.15, -0.1) is 0 Å². The van der Waals surface area contributed by atoms with Gasteiger partial charge in [0.1, 0.15) is 0 Å². The number of carbonyl (C=O) groups excluding carboxylic acids is 1. The zero-order valence-electron chi connectivity index (χ0n) is 8.66. The molecular formula is C11H15ClN2O. The number of carbonyl (C=O) groups is 1. The maximum Gasteiger partial charge on any atom is 0.253 e. The fourth-order valence-corrected chi connectivity index (χ4v) is 1.46. The number of hydrogen-bond donors (Lipinski definition) is 2. The number of halogens is 1. The quantitative estimate of drug-likeness (QED) is 0.823. The second-order valence-electron chi connectivity index (χ2n) is 3.29. The van der Waals surface area contributed by atoms with Crippen molar-refractivity contribution in [3.8, 4) is 0 Å². The largest absolute Gasteiger partial charge is 0.348 e. The fraction of sp³-hybridized carbons (Fsp3) is 0.364. The topological polar surface area (TPSA) is 55.1 Å². The van der Waals surface area contributed by atoms with Gasteiger partial charge in [-0.3, -0.25) is 4.79 Å². The summed E-state index contributed by atoms with van der Waals surface area (Å²) < 4.78 is 0. The van der Waals surface area contributed by atoms with E-state index in [4.69, 9.17) is 17.3 Å². The van der Waals surface area contributed by atoms with Crippen molar-refractivity contribution in [2.75, 3.05) is 6.54 Å². The van der Waals surface area contributed by atoms with Gasteiger partial charge in [-0.05, 0) is 18.6 Å². The highest BCUT2D eigenvalue weighted by Gasteiger charge is 2.12. The Kier molecular flexibility index (Phi) is 4.59. The van der Waals surface area contributed by atoms with Crippen LogP contribution in [0.4, 0.5) is 0 Å². The molecule has 3 nitrogen and oxygen atoms in total. The van der Waals surface area contributed by atoms with Gasteiger partial charge in [0.25, 0.3) is 5.91 Å². The molecule has 1 aromatic carbocycles. The van der Waals surface area contributed by atoms with Gasteiger partial charge in [0.15, 0.2) is 0 Å². The van der Waals surface area contributed by atoms with E-state index < -0.39 is 0 Å². The second-order valence-corrected chi connectivity index (χ2v) is 3.70. The first kappa shape index (κ1) is 12.0. The molecule has 0 saturated carbocycles. The zero-order valence-corrected chi connectivity index (χ0v) is 9.42.